The molecule has 0 saturated carbocycles. The van der Waals surface area contributed by atoms with Crippen LogP contribution >= 0.6 is 0 Å². The Hall–Kier alpha value is -1.07. The molecule has 4 nitrogen and oxygen atoms in total. The second-order valence-corrected chi connectivity index (χ2v) is 6.95. The van der Waals surface area contributed by atoms with Gasteiger partial charge >= 0.3 is 0 Å². The van der Waals surface area contributed by atoms with Crippen molar-refractivity contribution in [2.24, 2.45) is 5.73 Å². The predicted octanol–water partition coefficient (Wildman–Crippen LogP) is 1.70. The first-order valence-corrected chi connectivity index (χ1v) is 8.43. The number of aryl methyl sites for hydroxylation is 1. The van der Waals surface area contributed by atoms with Gasteiger partial charge in [-0.1, -0.05) is 24.6 Å². The van der Waals surface area contributed by atoms with Crippen molar-refractivity contribution in [1.82, 2.24) is 0 Å². The minimum atomic E-state index is -2.98. The molecule has 0 atom stereocenters. The summed E-state index contributed by atoms with van der Waals surface area (Å²) in [5.74, 6) is 1.03. The van der Waals surface area contributed by atoms with Crippen LogP contribution in [0, 0.1) is 6.92 Å². The highest BCUT2D eigenvalue weighted by Gasteiger charge is 2.10. The van der Waals surface area contributed by atoms with Crippen LogP contribution in [0.4, 0.5) is 0 Å². The van der Waals surface area contributed by atoms with Gasteiger partial charge in [0.15, 0.2) is 9.84 Å². The molecule has 0 aliphatic rings. The Morgan fingerprint density at radius 1 is 1.26 bits per heavy atom. The number of ether oxygens (including phenoxy) is 1. The average Bonchev–Trinajstić information content (AvgIpc) is 2.32. The minimum absolute atomic E-state index is 0.0663. The van der Waals surface area contributed by atoms with Crippen LogP contribution in [0.2, 0.25) is 0 Å². The maximum absolute atomic E-state index is 11.6. The summed E-state index contributed by atoms with van der Waals surface area (Å²) in [6, 6.07) is 5.87. The molecule has 0 bridgehead atoms. The highest BCUT2D eigenvalue weighted by molar-refractivity contribution is 7.91. The molecule has 1 aromatic rings. The van der Waals surface area contributed by atoms with Gasteiger partial charge in [0, 0.05) is 0 Å². The first-order chi connectivity index (χ1) is 8.98. The normalized spacial score (nSPS) is 11.5. The fourth-order valence-electron chi connectivity index (χ4n) is 1.89. The van der Waals surface area contributed by atoms with Crippen LogP contribution in [0.15, 0.2) is 18.2 Å². The number of benzene rings is 1. The molecular weight excluding hydrogens is 262 g/mol. The molecule has 1 aromatic carbocycles. The topological polar surface area (TPSA) is 69.4 Å². The largest absolute Gasteiger partial charge is 0.492 e. The SMILES string of the molecule is CCCS(=O)(=O)CCOc1ccc(C)cc1CCN. The van der Waals surface area contributed by atoms with Crippen molar-refractivity contribution in [3.05, 3.63) is 29.3 Å². The van der Waals surface area contributed by atoms with Gasteiger partial charge < -0.3 is 10.5 Å². The third kappa shape index (κ3) is 5.61. The van der Waals surface area contributed by atoms with Gasteiger partial charge in [0.2, 0.25) is 0 Å². The van der Waals surface area contributed by atoms with Crippen molar-refractivity contribution >= 4 is 9.84 Å². The van der Waals surface area contributed by atoms with Crippen molar-refractivity contribution in [3.8, 4) is 5.75 Å². The van der Waals surface area contributed by atoms with Crippen LogP contribution in [0.25, 0.3) is 0 Å². The molecule has 1 rings (SSSR count). The molecule has 0 unspecified atom stereocenters. The van der Waals surface area contributed by atoms with Crippen LogP contribution < -0.4 is 10.5 Å². The summed E-state index contributed by atoms with van der Waals surface area (Å²) in [5, 5.41) is 0. The molecule has 0 fully saturated rings. The van der Waals surface area contributed by atoms with Crippen molar-refractivity contribution in [1.29, 1.82) is 0 Å². The maximum Gasteiger partial charge on any atom is 0.153 e. The average molecular weight is 285 g/mol. The van der Waals surface area contributed by atoms with Crippen molar-refractivity contribution in [2.45, 2.75) is 26.7 Å². The van der Waals surface area contributed by atoms with E-state index in [1.54, 1.807) is 0 Å². The minimum Gasteiger partial charge on any atom is -0.492 e. The second-order valence-electron chi connectivity index (χ2n) is 4.65. The fourth-order valence-corrected chi connectivity index (χ4v) is 3.05. The molecule has 0 radical (unpaired) electrons. The van der Waals surface area contributed by atoms with E-state index < -0.39 is 9.84 Å². The molecule has 108 valence electrons. The van der Waals surface area contributed by atoms with Crippen LogP contribution in [-0.4, -0.2) is 33.1 Å². The lowest BCUT2D eigenvalue weighted by Gasteiger charge is -2.12. The maximum atomic E-state index is 11.6. The molecule has 0 amide bonds. The van der Waals surface area contributed by atoms with Gasteiger partial charge in [-0.05, 0) is 37.9 Å². The van der Waals surface area contributed by atoms with E-state index in [9.17, 15) is 8.42 Å². The molecular formula is C14H23NO3S. The van der Waals surface area contributed by atoms with E-state index in [4.69, 9.17) is 10.5 Å². The van der Waals surface area contributed by atoms with Gasteiger partial charge in [-0.15, -0.1) is 0 Å². The van der Waals surface area contributed by atoms with Crippen LogP contribution in [0.3, 0.4) is 0 Å². The molecule has 2 N–H and O–H groups in total. The smallest absolute Gasteiger partial charge is 0.153 e. The Morgan fingerprint density at radius 3 is 2.63 bits per heavy atom. The lowest BCUT2D eigenvalue weighted by Crippen LogP contribution is -2.17. The fraction of sp³-hybridized carbons (Fsp3) is 0.571. The lowest BCUT2D eigenvalue weighted by atomic mass is 10.1. The van der Waals surface area contributed by atoms with Gasteiger partial charge in [0.1, 0.15) is 12.4 Å². The van der Waals surface area contributed by atoms with Gasteiger partial charge in [0.05, 0.1) is 11.5 Å². The molecule has 0 saturated heterocycles. The van der Waals surface area contributed by atoms with Crippen LogP contribution in [0.1, 0.15) is 24.5 Å². The van der Waals surface area contributed by atoms with Crippen LogP contribution in [0.5, 0.6) is 5.75 Å². The Kier molecular flexibility index (Phi) is 6.31. The molecule has 0 aliphatic carbocycles. The Labute approximate surface area is 115 Å². The van der Waals surface area contributed by atoms with E-state index >= 15 is 0 Å². The van der Waals surface area contributed by atoms with Crippen molar-refractivity contribution in [2.75, 3.05) is 24.7 Å². The van der Waals surface area contributed by atoms with Gasteiger partial charge in [-0.2, -0.15) is 0 Å². The summed E-state index contributed by atoms with van der Waals surface area (Å²) in [5.41, 5.74) is 7.75. The summed E-state index contributed by atoms with van der Waals surface area (Å²) < 4.78 is 28.8. The zero-order chi connectivity index (χ0) is 14.3. The zero-order valence-electron chi connectivity index (χ0n) is 11.7. The predicted molar refractivity (Wildman–Crippen MR) is 78.4 cm³/mol. The first kappa shape index (κ1) is 16.0. The highest BCUT2D eigenvalue weighted by atomic mass is 32.2. The lowest BCUT2D eigenvalue weighted by molar-refractivity contribution is 0.337. The summed E-state index contributed by atoms with van der Waals surface area (Å²) >= 11 is 0. The number of rotatable bonds is 8. The van der Waals surface area contributed by atoms with E-state index in [0.717, 1.165) is 23.3 Å². The summed E-state index contributed by atoms with van der Waals surface area (Å²) in [6.45, 7) is 4.62. The van der Waals surface area contributed by atoms with E-state index in [-0.39, 0.29) is 18.1 Å². The van der Waals surface area contributed by atoms with Crippen molar-refractivity contribution in [3.63, 3.8) is 0 Å². The van der Waals surface area contributed by atoms with Gasteiger partial charge in [-0.3, -0.25) is 0 Å². The summed E-state index contributed by atoms with van der Waals surface area (Å²) in [4.78, 5) is 0. The number of nitrogens with two attached hydrogens (primary N) is 1. The molecule has 5 heteroatoms. The highest BCUT2D eigenvalue weighted by Crippen LogP contribution is 2.20. The van der Waals surface area contributed by atoms with E-state index in [0.29, 0.717) is 13.0 Å². The Morgan fingerprint density at radius 2 is 2.00 bits per heavy atom. The molecule has 19 heavy (non-hydrogen) atoms. The number of hydrogen-bond donors (Lipinski definition) is 1. The first-order valence-electron chi connectivity index (χ1n) is 6.61. The van der Waals surface area contributed by atoms with E-state index in [1.807, 2.05) is 32.0 Å². The summed E-state index contributed by atoms with van der Waals surface area (Å²) in [7, 11) is -2.98. The standard InChI is InChI=1S/C14H23NO3S/c1-3-9-19(16,17)10-8-18-14-5-4-12(2)11-13(14)6-7-15/h4-5,11H,3,6-10,15H2,1-2H3. The number of hydrogen-bond acceptors (Lipinski definition) is 4. The zero-order valence-corrected chi connectivity index (χ0v) is 12.5. The number of sulfone groups is 1. The van der Waals surface area contributed by atoms with E-state index in [1.165, 1.54) is 0 Å². The van der Waals surface area contributed by atoms with E-state index in [2.05, 4.69) is 0 Å². The van der Waals surface area contributed by atoms with Crippen molar-refractivity contribution < 1.29 is 13.2 Å². The molecule has 0 aliphatic heterocycles. The van der Waals surface area contributed by atoms with Gasteiger partial charge in [0.25, 0.3) is 0 Å². The molecule has 0 heterocycles. The van der Waals surface area contributed by atoms with Gasteiger partial charge in [-0.25, -0.2) is 8.42 Å². The Bertz CT molecular complexity index is 497. The third-order valence-corrected chi connectivity index (χ3v) is 4.62. The molecule has 0 spiro atoms. The Balaban J connectivity index is 2.62. The van der Waals surface area contributed by atoms with Crippen LogP contribution in [-0.2, 0) is 16.3 Å². The molecule has 0 aromatic heterocycles. The monoisotopic (exact) mass is 285 g/mol. The third-order valence-electron chi connectivity index (χ3n) is 2.80. The second kappa shape index (κ2) is 7.50. The summed E-state index contributed by atoms with van der Waals surface area (Å²) in [6.07, 6.45) is 1.38. The quantitative estimate of drug-likeness (QED) is 0.789.